The highest BCUT2D eigenvalue weighted by atomic mass is 16.5. The minimum absolute atomic E-state index is 0.327. The lowest BCUT2D eigenvalue weighted by molar-refractivity contribution is 0.332. The molecule has 98 valence electrons. The minimum atomic E-state index is 0.327. The first-order chi connectivity index (χ1) is 8.74. The van der Waals surface area contributed by atoms with E-state index in [0.29, 0.717) is 5.41 Å². The first kappa shape index (κ1) is 12.0. The molecule has 0 saturated heterocycles. The monoisotopic (exact) mass is 245 g/mol. The molecule has 0 aliphatic heterocycles. The van der Waals surface area contributed by atoms with Crippen LogP contribution in [0.15, 0.2) is 24.3 Å². The second-order valence-corrected chi connectivity index (χ2v) is 5.93. The zero-order valence-electron chi connectivity index (χ0n) is 11.4. The highest BCUT2D eigenvalue weighted by Crippen LogP contribution is 2.56. The Balaban J connectivity index is 1.69. The number of rotatable bonds is 6. The summed E-state index contributed by atoms with van der Waals surface area (Å²) in [6, 6.07) is 9.36. The summed E-state index contributed by atoms with van der Waals surface area (Å²) in [5.74, 6) is 1.86. The first-order valence-corrected chi connectivity index (χ1v) is 7.19. The van der Waals surface area contributed by atoms with E-state index >= 15 is 0 Å². The maximum absolute atomic E-state index is 5.77. The summed E-state index contributed by atoms with van der Waals surface area (Å²) in [4.78, 5) is 0. The van der Waals surface area contributed by atoms with Crippen LogP contribution in [0.3, 0.4) is 0 Å². The van der Waals surface area contributed by atoms with Crippen molar-refractivity contribution in [1.82, 2.24) is 5.32 Å². The van der Waals surface area contributed by atoms with Gasteiger partial charge in [0.2, 0.25) is 0 Å². The molecule has 0 radical (unpaired) electrons. The van der Waals surface area contributed by atoms with E-state index in [-0.39, 0.29) is 0 Å². The maximum atomic E-state index is 5.77. The fourth-order valence-corrected chi connectivity index (χ4v) is 2.90. The number of nitrogens with one attached hydrogen (secondary N) is 1. The van der Waals surface area contributed by atoms with Gasteiger partial charge in [-0.3, -0.25) is 0 Å². The largest absolute Gasteiger partial charge is 0.494 e. The van der Waals surface area contributed by atoms with Crippen molar-refractivity contribution < 1.29 is 4.74 Å². The van der Waals surface area contributed by atoms with Gasteiger partial charge in [-0.2, -0.15) is 0 Å². The van der Waals surface area contributed by atoms with Crippen molar-refractivity contribution in [3.8, 4) is 5.75 Å². The Morgan fingerprint density at radius 2 is 2.11 bits per heavy atom. The minimum Gasteiger partial charge on any atom is -0.494 e. The van der Waals surface area contributed by atoms with Crippen LogP contribution in [0.4, 0.5) is 0 Å². The highest BCUT2D eigenvalue weighted by Gasteiger charge is 2.52. The molecule has 2 atom stereocenters. The predicted molar refractivity (Wildman–Crippen MR) is 74.1 cm³/mol. The van der Waals surface area contributed by atoms with Crippen molar-refractivity contribution >= 4 is 0 Å². The molecule has 1 aromatic carbocycles. The molecule has 2 aliphatic rings. The lowest BCUT2D eigenvalue weighted by Gasteiger charge is -2.17. The summed E-state index contributed by atoms with van der Waals surface area (Å²) in [6.45, 7) is 6.35. The van der Waals surface area contributed by atoms with Gasteiger partial charge in [-0.1, -0.05) is 25.1 Å². The normalized spacial score (nSPS) is 30.2. The summed E-state index contributed by atoms with van der Waals surface area (Å²) < 4.78 is 5.77. The van der Waals surface area contributed by atoms with Crippen LogP contribution >= 0.6 is 0 Å². The van der Waals surface area contributed by atoms with Crippen LogP contribution in [0, 0.1) is 5.92 Å². The fourth-order valence-electron chi connectivity index (χ4n) is 2.90. The summed E-state index contributed by atoms with van der Waals surface area (Å²) in [5, 5.41) is 3.65. The second kappa shape index (κ2) is 4.58. The molecule has 0 heterocycles. The zero-order valence-corrected chi connectivity index (χ0v) is 11.4. The average molecular weight is 245 g/mol. The molecule has 2 nitrogen and oxygen atoms in total. The molecule has 2 heteroatoms. The molecule has 2 unspecified atom stereocenters. The van der Waals surface area contributed by atoms with E-state index < -0.39 is 0 Å². The number of para-hydroxylation sites is 1. The SMILES string of the molecule is CCOc1ccccc1C1(C)CC1CNC1CC1. The van der Waals surface area contributed by atoms with E-state index in [2.05, 4.69) is 43.4 Å². The molecule has 1 aromatic rings. The Hall–Kier alpha value is -1.02. The van der Waals surface area contributed by atoms with Crippen LogP contribution in [-0.4, -0.2) is 19.2 Å². The van der Waals surface area contributed by atoms with Crippen molar-refractivity contribution in [2.24, 2.45) is 5.92 Å². The summed E-state index contributed by atoms with van der Waals surface area (Å²) >= 11 is 0. The molecule has 0 amide bonds. The van der Waals surface area contributed by atoms with E-state index in [4.69, 9.17) is 4.74 Å². The van der Waals surface area contributed by atoms with E-state index in [0.717, 1.165) is 24.3 Å². The van der Waals surface area contributed by atoms with Crippen LogP contribution < -0.4 is 10.1 Å². The van der Waals surface area contributed by atoms with Crippen LogP contribution in [0.5, 0.6) is 5.75 Å². The standard InChI is InChI=1S/C16H23NO/c1-3-18-15-7-5-4-6-14(15)16(2)10-12(16)11-17-13-8-9-13/h4-7,12-13,17H,3,8-11H2,1-2H3. The van der Waals surface area contributed by atoms with Gasteiger partial charge in [0.15, 0.2) is 0 Å². The van der Waals surface area contributed by atoms with Gasteiger partial charge in [0.1, 0.15) is 5.75 Å². The van der Waals surface area contributed by atoms with Crippen LogP contribution in [-0.2, 0) is 5.41 Å². The summed E-state index contributed by atoms with van der Waals surface area (Å²) in [6.07, 6.45) is 4.04. The van der Waals surface area contributed by atoms with Gasteiger partial charge in [0.25, 0.3) is 0 Å². The number of benzene rings is 1. The smallest absolute Gasteiger partial charge is 0.123 e. The van der Waals surface area contributed by atoms with Crippen LogP contribution in [0.25, 0.3) is 0 Å². The van der Waals surface area contributed by atoms with Gasteiger partial charge in [-0.25, -0.2) is 0 Å². The van der Waals surface area contributed by atoms with Crippen molar-refractivity contribution in [2.45, 2.75) is 44.6 Å². The van der Waals surface area contributed by atoms with Crippen molar-refractivity contribution in [3.63, 3.8) is 0 Å². The third kappa shape index (κ3) is 2.26. The topological polar surface area (TPSA) is 21.3 Å². The molecular weight excluding hydrogens is 222 g/mol. The van der Waals surface area contributed by atoms with Crippen LogP contribution in [0.2, 0.25) is 0 Å². The second-order valence-electron chi connectivity index (χ2n) is 5.93. The van der Waals surface area contributed by atoms with Crippen molar-refractivity contribution in [1.29, 1.82) is 0 Å². The zero-order chi connectivity index (χ0) is 12.6. The Labute approximate surface area is 110 Å². The van der Waals surface area contributed by atoms with Gasteiger partial charge in [0.05, 0.1) is 6.61 Å². The maximum Gasteiger partial charge on any atom is 0.123 e. The lowest BCUT2D eigenvalue weighted by atomic mass is 9.94. The third-order valence-corrected chi connectivity index (χ3v) is 4.44. The molecule has 0 bridgehead atoms. The number of hydrogen-bond donors (Lipinski definition) is 1. The Morgan fingerprint density at radius 3 is 2.83 bits per heavy atom. The van der Waals surface area contributed by atoms with Gasteiger partial charge in [-0.05, 0) is 44.7 Å². The van der Waals surface area contributed by atoms with Gasteiger partial charge in [-0.15, -0.1) is 0 Å². The molecule has 2 aliphatic carbocycles. The molecule has 18 heavy (non-hydrogen) atoms. The summed E-state index contributed by atoms with van der Waals surface area (Å²) in [5.41, 5.74) is 1.72. The third-order valence-electron chi connectivity index (χ3n) is 4.44. The van der Waals surface area contributed by atoms with Gasteiger partial charge >= 0.3 is 0 Å². The Morgan fingerprint density at radius 1 is 1.33 bits per heavy atom. The average Bonchev–Trinajstić information content (AvgIpc) is 3.26. The van der Waals surface area contributed by atoms with Crippen molar-refractivity contribution in [3.05, 3.63) is 29.8 Å². The van der Waals surface area contributed by atoms with Crippen LogP contribution in [0.1, 0.15) is 38.7 Å². The highest BCUT2D eigenvalue weighted by molar-refractivity contribution is 5.44. The van der Waals surface area contributed by atoms with Gasteiger partial charge in [0, 0.05) is 17.0 Å². The predicted octanol–water partition coefficient (Wildman–Crippen LogP) is 3.11. The molecule has 2 saturated carbocycles. The molecular formula is C16H23NO. The molecule has 1 N–H and O–H groups in total. The molecule has 3 rings (SSSR count). The lowest BCUT2D eigenvalue weighted by Crippen LogP contribution is -2.22. The first-order valence-electron chi connectivity index (χ1n) is 7.19. The number of hydrogen-bond acceptors (Lipinski definition) is 2. The quantitative estimate of drug-likeness (QED) is 0.831. The molecule has 2 fully saturated rings. The molecule has 0 spiro atoms. The van der Waals surface area contributed by atoms with Crippen molar-refractivity contribution in [2.75, 3.05) is 13.2 Å². The van der Waals surface area contributed by atoms with E-state index in [1.807, 2.05) is 0 Å². The Kier molecular flexibility index (Phi) is 3.06. The summed E-state index contributed by atoms with van der Waals surface area (Å²) in [7, 11) is 0. The fraction of sp³-hybridized carbons (Fsp3) is 0.625. The van der Waals surface area contributed by atoms with E-state index in [1.165, 1.54) is 31.4 Å². The number of ether oxygens (including phenoxy) is 1. The van der Waals surface area contributed by atoms with E-state index in [1.54, 1.807) is 0 Å². The Bertz CT molecular complexity index is 427. The van der Waals surface area contributed by atoms with E-state index in [9.17, 15) is 0 Å². The molecule has 0 aromatic heterocycles. The van der Waals surface area contributed by atoms with Gasteiger partial charge < -0.3 is 10.1 Å².